The first-order chi connectivity index (χ1) is 12.9. The Kier molecular flexibility index (Phi) is 20.9. The maximum atomic E-state index is 4.77. The number of nitrogens with zero attached hydrogens (tertiary/aromatic N) is 1. The Hall–Kier alpha value is 0.270. The monoisotopic (exact) mass is 484 g/mol. The molecule has 28 heavy (non-hydrogen) atoms. The van der Waals surface area contributed by atoms with Crippen molar-refractivity contribution in [3.63, 3.8) is 0 Å². The van der Waals surface area contributed by atoms with Crippen LogP contribution >= 0.6 is 47.6 Å². The predicted octanol–water partition coefficient (Wildman–Crippen LogP) is 4.94. The lowest BCUT2D eigenvalue weighted by Crippen LogP contribution is -2.50. The number of hydrogen-bond acceptors (Lipinski definition) is 8. The first-order valence-electron chi connectivity index (χ1n) is 9.54. The maximum absolute atomic E-state index is 4.77. The summed E-state index contributed by atoms with van der Waals surface area (Å²) < 4.78 is -0.0556. The summed E-state index contributed by atoms with van der Waals surface area (Å²) in [6.45, 7) is 0. The smallest absolute Gasteiger partial charge is 0.169 e. The van der Waals surface area contributed by atoms with E-state index in [2.05, 4.69) is 70.0 Å². The molecule has 6 nitrogen and oxygen atoms in total. The topological polar surface area (TPSA) is 95.5 Å². The fourth-order valence-electron chi connectivity index (χ4n) is 3.83. The van der Waals surface area contributed by atoms with Crippen molar-refractivity contribution < 1.29 is 8.56 Å². The zero-order chi connectivity index (χ0) is 20.7. The summed E-state index contributed by atoms with van der Waals surface area (Å²) in [5.74, 6) is 0. The van der Waals surface area contributed by atoms with Gasteiger partial charge in [0.2, 0.25) is 0 Å². The SMILES string of the molecule is CNC1CCC(N=C=S)CC1NC.CNC1CCCCC1NC.N.S=C(Cl)Cl.[HH].[HH].[HH].[HH].[HH].[HH]. The Bertz CT molecular complexity index is 459. The summed E-state index contributed by atoms with van der Waals surface area (Å²) in [5.41, 5.74) is 0. The number of halogens is 2. The van der Waals surface area contributed by atoms with Crippen LogP contribution in [0.1, 0.15) is 53.5 Å². The van der Waals surface area contributed by atoms with Crippen LogP contribution in [0, 0.1) is 0 Å². The van der Waals surface area contributed by atoms with E-state index in [1.807, 2.05) is 14.1 Å². The van der Waals surface area contributed by atoms with Gasteiger partial charge in [-0.15, -0.1) is 0 Å². The van der Waals surface area contributed by atoms with Crippen LogP contribution in [0.2, 0.25) is 0 Å². The summed E-state index contributed by atoms with van der Waals surface area (Å²) in [5, 5.41) is 15.8. The molecule has 10 heteroatoms. The lowest BCUT2D eigenvalue weighted by molar-refractivity contribution is 0.285. The van der Waals surface area contributed by atoms with Crippen LogP contribution in [0.25, 0.3) is 0 Å². The van der Waals surface area contributed by atoms with Gasteiger partial charge in [0.25, 0.3) is 0 Å². The van der Waals surface area contributed by atoms with Crippen LogP contribution in [0.15, 0.2) is 4.99 Å². The molecule has 5 atom stereocenters. The highest BCUT2D eigenvalue weighted by molar-refractivity contribution is 7.86. The van der Waals surface area contributed by atoms with Crippen LogP contribution in [0.3, 0.4) is 0 Å². The third-order valence-corrected chi connectivity index (χ3v) is 5.41. The average Bonchev–Trinajstić information content (AvgIpc) is 2.68. The number of hydrogen-bond donors (Lipinski definition) is 5. The Labute approximate surface area is 200 Å². The molecule has 2 aliphatic rings. The van der Waals surface area contributed by atoms with Gasteiger partial charge in [0, 0.05) is 32.7 Å². The molecule has 2 rings (SSSR count). The number of aliphatic imine (C=N–C) groups is 1. The molecule has 2 fully saturated rings. The van der Waals surface area contributed by atoms with Gasteiger partial charge in [0.05, 0.1) is 11.2 Å². The summed E-state index contributed by atoms with van der Waals surface area (Å²) in [6.07, 6.45) is 8.80. The zero-order valence-corrected chi connectivity index (χ0v) is 20.7. The molecule has 5 unspecified atom stereocenters. The minimum absolute atomic E-state index is 0. The van der Waals surface area contributed by atoms with Crippen molar-refractivity contribution in [1.82, 2.24) is 27.4 Å². The van der Waals surface area contributed by atoms with E-state index in [0.717, 1.165) is 19.3 Å². The molecule has 0 aromatic rings. The minimum Gasteiger partial charge on any atom is -0.344 e. The largest absolute Gasteiger partial charge is 0.344 e. The van der Waals surface area contributed by atoms with Crippen molar-refractivity contribution in [2.45, 2.75) is 75.2 Å². The highest BCUT2D eigenvalue weighted by Gasteiger charge is 2.27. The maximum Gasteiger partial charge on any atom is 0.169 e. The molecule has 7 N–H and O–H groups in total. The molecule has 0 heterocycles. The number of nitrogens with one attached hydrogen (secondary N) is 4. The highest BCUT2D eigenvalue weighted by Crippen LogP contribution is 2.21. The van der Waals surface area contributed by atoms with Gasteiger partial charge in [0.1, 0.15) is 0 Å². The van der Waals surface area contributed by atoms with Crippen LogP contribution < -0.4 is 27.4 Å². The molecular weight excluding hydrogens is 435 g/mol. The molecule has 0 aromatic heterocycles. The van der Waals surface area contributed by atoms with Crippen LogP contribution in [0.4, 0.5) is 0 Å². The number of isothiocyanates is 1. The van der Waals surface area contributed by atoms with Crippen LogP contribution in [-0.4, -0.2) is 67.3 Å². The second kappa shape index (κ2) is 19.2. The normalized spacial score (nSPS) is 28.9. The van der Waals surface area contributed by atoms with Crippen LogP contribution in [-0.2, 0) is 0 Å². The molecule has 0 radical (unpaired) electrons. The molecule has 0 saturated heterocycles. The first kappa shape index (κ1) is 30.5. The second-order valence-corrected chi connectivity index (χ2v) is 8.77. The summed E-state index contributed by atoms with van der Waals surface area (Å²) in [6, 6.07) is 2.87. The molecule has 0 aliphatic heterocycles. The standard InChI is InChI=1S/C9H17N3S.C8H18N2.CCl2S.H3N.6H2/c1-10-8-4-3-7(12-6-13)5-9(8)11-2;1-9-7-5-3-4-6-8(7)10-2;2-1(3)4;;;;;;;/h7-11H,3-5H2,1-2H3;7-10H,3-6H2,1-2H3;;1H3;6*1H. The van der Waals surface area contributed by atoms with E-state index in [9.17, 15) is 0 Å². The van der Waals surface area contributed by atoms with E-state index in [4.69, 9.17) is 23.2 Å². The van der Waals surface area contributed by atoms with Gasteiger partial charge < -0.3 is 27.4 Å². The lowest BCUT2D eigenvalue weighted by Gasteiger charge is -2.33. The van der Waals surface area contributed by atoms with E-state index in [1.54, 1.807) is 0 Å². The van der Waals surface area contributed by atoms with Crippen molar-refractivity contribution in [3.05, 3.63) is 0 Å². The Balaban J connectivity index is -0.0000000492. The molecule has 0 bridgehead atoms. The average molecular weight is 486 g/mol. The quantitative estimate of drug-likeness (QED) is 0.214. The Morgan fingerprint density at radius 3 is 1.61 bits per heavy atom. The lowest BCUT2D eigenvalue weighted by atomic mass is 9.87. The van der Waals surface area contributed by atoms with Crippen molar-refractivity contribution in [2.75, 3.05) is 28.2 Å². The summed E-state index contributed by atoms with van der Waals surface area (Å²) in [4.78, 5) is 4.15. The highest BCUT2D eigenvalue weighted by atomic mass is 35.5. The number of likely N-dealkylation sites (N-methyl/N-ethyl adjacent to an activating group) is 4. The molecule has 2 saturated carbocycles. The van der Waals surface area contributed by atoms with Gasteiger partial charge >= 0.3 is 0 Å². The van der Waals surface area contributed by atoms with Crippen molar-refractivity contribution >= 4 is 56.6 Å². The van der Waals surface area contributed by atoms with Crippen molar-refractivity contribution in [1.29, 1.82) is 0 Å². The van der Waals surface area contributed by atoms with Gasteiger partial charge in [-0.25, -0.2) is 4.99 Å². The first-order valence-corrected chi connectivity index (χ1v) is 11.1. The van der Waals surface area contributed by atoms with Gasteiger partial charge in [-0.2, -0.15) is 0 Å². The fraction of sp³-hybridized carbons (Fsp3) is 0.889. The Morgan fingerprint density at radius 1 is 0.857 bits per heavy atom. The minimum atomic E-state index is -0.0556. The van der Waals surface area contributed by atoms with Crippen molar-refractivity contribution in [2.24, 2.45) is 4.99 Å². The second-order valence-electron chi connectivity index (χ2n) is 6.78. The fourth-order valence-corrected chi connectivity index (χ4v) is 3.98. The van der Waals surface area contributed by atoms with E-state index in [1.165, 1.54) is 25.7 Å². The molecule has 0 spiro atoms. The van der Waals surface area contributed by atoms with E-state index in [-0.39, 0.29) is 18.5 Å². The van der Waals surface area contributed by atoms with Crippen LogP contribution in [0.5, 0.6) is 0 Å². The van der Waals surface area contributed by atoms with Gasteiger partial charge in [0.15, 0.2) is 3.78 Å². The van der Waals surface area contributed by atoms with Crippen molar-refractivity contribution in [3.8, 4) is 0 Å². The molecule has 0 amide bonds. The third kappa shape index (κ3) is 13.5. The summed E-state index contributed by atoms with van der Waals surface area (Å²) >= 11 is 18.2. The predicted molar refractivity (Wildman–Crippen MR) is 145 cm³/mol. The zero-order valence-electron chi connectivity index (χ0n) is 17.6. The Morgan fingerprint density at radius 2 is 1.25 bits per heavy atom. The van der Waals surface area contributed by atoms with Gasteiger partial charge in [-0.05, 0) is 72.5 Å². The van der Waals surface area contributed by atoms with Gasteiger partial charge in [-0.3, -0.25) is 0 Å². The van der Waals surface area contributed by atoms with E-state index >= 15 is 0 Å². The molecule has 0 aromatic carbocycles. The molecule has 2 aliphatic carbocycles. The van der Waals surface area contributed by atoms with Gasteiger partial charge in [-0.1, -0.05) is 48.3 Å². The third-order valence-electron chi connectivity index (χ3n) is 5.31. The van der Waals surface area contributed by atoms with E-state index < -0.39 is 0 Å². The number of rotatable bonds is 5. The summed E-state index contributed by atoms with van der Waals surface area (Å²) in [7, 11) is 8.12. The molecular formula is C18H50Cl2N6S2. The van der Waals surface area contributed by atoms with E-state index in [0.29, 0.717) is 30.2 Å². The number of thiocarbonyl (C=S) groups is 2. The molecule has 178 valence electrons.